The van der Waals surface area contributed by atoms with Crippen LogP contribution < -0.4 is 9.47 Å². The molecule has 0 unspecified atom stereocenters. The van der Waals surface area contributed by atoms with Crippen molar-refractivity contribution in [3.05, 3.63) is 48.5 Å². The number of benzene rings is 2. The van der Waals surface area contributed by atoms with Crippen molar-refractivity contribution < 1.29 is 24.1 Å². The van der Waals surface area contributed by atoms with Crippen molar-refractivity contribution in [1.82, 2.24) is 0 Å². The molecular weight excluding hydrogens is 400 g/mol. The van der Waals surface area contributed by atoms with E-state index in [-0.39, 0.29) is 6.61 Å². The first-order chi connectivity index (χ1) is 13.8. The SMILES string of the molecule is OCCOCCOCCOc1ccc(Sc2ccc(OCCCCl)cc2)cc1. The topological polar surface area (TPSA) is 57.2 Å². The molecule has 0 aliphatic heterocycles. The van der Waals surface area contributed by atoms with Crippen LogP contribution in [0.25, 0.3) is 0 Å². The minimum absolute atomic E-state index is 0.0339. The Morgan fingerprint density at radius 2 is 1.18 bits per heavy atom. The van der Waals surface area contributed by atoms with Crippen molar-refractivity contribution >= 4 is 23.4 Å². The van der Waals surface area contributed by atoms with Gasteiger partial charge in [0.2, 0.25) is 0 Å². The van der Waals surface area contributed by atoms with Crippen LogP contribution in [0.2, 0.25) is 0 Å². The Balaban J connectivity index is 1.65. The lowest BCUT2D eigenvalue weighted by atomic mass is 10.3. The fraction of sp³-hybridized carbons (Fsp3) is 0.429. The van der Waals surface area contributed by atoms with Crippen molar-refractivity contribution in [3.8, 4) is 11.5 Å². The first-order valence-corrected chi connectivity index (χ1v) is 10.6. The number of hydrogen-bond acceptors (Lipinski definition) is 6. The molecule has 0 radical (unpaired) electrons. The average Bonchev–Trinajstić information content (AvgIpc) is 2.73. The van der Waals surface area contributed by atoms with E-state index in [0.717, 1.165) is 27.7 Å². The van der Waals surface area contributed by atoms with Gasteiger partial charge < -0.3 is 24.1 Å². The fourth-order valence-corrected chi connectivity index (χ4v) is 3.12. The molecule has 0 heterocycles. The van der Waals surface area contributed by atoms with Crippen LogP contribution in [0.3, 0.4) is 0 Å². The van der Waals surface area contributed by atoms with Gasteiger partial charge in [0.15, 0.2) is 0 Å². The number of aliphatic hydroxyl groups excluding tert-OH is 1. The van der Waals surface area contributed by atoms with Crippen LogP contribution in [0.4, 0.5) is 0 Å². The molecule has 2 aromatic carbocycles. The maximum absolute atomic E-state index is 8.59. The van der Waals surface area contributed by atoms with Gasteiger partial charge in [-0.3, -0.25) is 0 Å². The maximum Gasteiger partial charge on any atom is 0.119 e. The smallest absolute Gasteiger partial charge is 0.119 e. The van der Waals surface area contributed by atoms with Crippen molar-refractivity contribution in [2.75, 3.05) is 52.1 Å². The molecule has 0 saturated carbocycles. The summed E-state index contributed by atoms with van der Waals surface area (Å²) < 4.78 is 21.8. The highest BCUT2D eigenvalue weighted by molar-refractivity contribution is 7.99. The van der Waals surface area contributed by atoms with Gasteiger partial charge in [-0.05, 0) is 55.0 Å². The van der Waals surface area contributed by atoms with Crippen molar-refractivity contribution in [1.29, 1.82) is 0 Å². The summed E-state index contributed by atoms with van der Waals surface area (Å²) in [5.74, 6) is 2.29. The van der Waals surface area contributed by atoms with E-state index in [1.807, 2.05) is 48.5 Å². The van der Waals surface area contributed by atoms with Crippen molar-refractivity contribution in [2.45, 2.75) is 16.2 Å². The number of ether oxygens (including phenoxy) is 4. The Hall–Kier alpha value is -1.44. The second-order valence-corrected chi connectivity index (χ2v) is 7.26. The molecule has 0 bridgehead atoms. The quantitative estimate of drug-likeness (QED) is 0.339. The first-order valence-electron chi connectivity index (χ1n) is 9.27. The molecule has 0 saturated heterocycles. The summed E-state index contributed by atoms with van der Waals surface area (Å²) in [7, 11) is 0. The Morgan fingerprint density at radius 3 is 1.71 bits per heavy atom. The van der Waals surface area contributed by atoms with Gasteiger partial charge >= 0.3 is 0 Å². The highest BCUT2D eigenvalue weighted by Crippen LogP contribution is 2.30. The molecule has 0 atom stereocenters. The van der Waals surface area contributed by atoms with E-state index in [9.17, 15) is 0 Å². The lowest BCUT2D eigenvalue weighted by Crippen LogP contribution is -2.11. The second-order valence-electron chi connectivity index (χ2n) is 5.73. The summed E-state index contributed by atoms with van der Waals surface area (Å²) in [5.41, 5.74) is 0. The Kier molecular flexibility index (Phi) is 11.9. The highest BCUT2D eigenvalue weighted by atomic mass is 35.5. The monoisotopic (exact) mass is 426 g/mol. The van der Waals surface area contributed by atoms with Crippen LogP contribution in [-0.4, -0.2) is 57.2 Å². The van der Waals surface area contributed by atoms with Gasteiger partial charge in [-0.25, -0.2) is 0 Å². The predicted molar refractivity (Wildman–Crippen MR) is 112 cm³/mol. The van der Waals surface area contributed by atoms with Crippen LogP contribution in [0.15, 0.2) is 58.3 Å². The largest absolute Gasteiger partial charge is 0.494 e. The summed E-state index contributed by atoms with van der Waals surface area (Å²) in [6, 6.07) is 16.0. The van der Waals surface area contributed by atoms with E-state index in [0.29, 0.717) is 45.5 Å². The lowest BCUT2D eigenvalue weighted by molar-refractivity contribution is 0.0247. The third kappa shape index (κ3) is 9.66. The van der Waals surface area contributed by atoms with Gasteiger partial charge in [0.25, 0.3) is 0 Å². The summed E-state index contributed by atoms with van der Waals surface area (Å²) in [6.07, 6.45) is 0.845. The zero-order valence-corrected chi connectivity index (χ0v) is 17.4. The van der Waals surface area contributed by atoms with Crippen LogP contribution >= 0.6 is 23.4 Å². The molecule has 0 aliphatic rings. The maximum atomic E-state index is 8.59. The Morgan fingerprint density at radius 1 is 0.679 bits per heavy atom. The summed E-state index contributed by atoms with van der Waals surface area (Å²) in [6.45, 7) is 2.97. The molecule has 154 valence electrons. The summed E-state index contributed by atoms with van der Waals surface area (Å²) in [5, 5.41) is 8.59. The fourth-order valence-electron chi connectivity index (χ4n) is 2.19. The Bertz CT molecular complexity index is 636. The predicted octanol–water partition coefficient (Wildman–Crippen LogP) is 4.25. The summed E-state index contributed by atoms with van der Waals surface area (Å²) >= 11 is 7.33. The molecule has 7 heteroatoms. The van der Waals surface area contributed by atoms with Crippen molar-refractivity contribution in [2.24, 2.45) is 0 Å². The minimum atomic E-state index is 0.0339. The number of halogens is 1. The standard InChI is InChI=1S/C21H27ClO5S/c22-10-1-12-26-18-2-6-20(7-3-18)28-21-8-4-19(5-9-21)27-17-16-25-15-14-24-13-11-23/h2-9,23H,1,10-17H2. The Labute approximate surface area is 175 Å². The van der Waals surface area contributed by atoms with Crippen LogP contribution in [0.1, 0.15) is 6.42 Å². The van der Waals surface area contributed by atoms with E-state index in [1.54, 1.807) is 11.8 Å². The molecule has 28 heavy (non-hydrogen) atoms. The zero-order chi connectivity index (χ0) is 19.9. The minimum Gasteiger partial charge on any atom is -0.494 e. The van der Waals surface area contributed by atoms with Gasteiger partial charge in [0.1, 0.15) is 18.1 Å². The normalized spacial score (nSPS) is 10.8. The van der Waals surface area contributed by atoms with Crippen LogP contribution in [0, 0.1) is 0 Å². The third-order valence-electron chi connectivity index (χ3n) is 3.53. The van der Waals surface area contributed by atoms with E-state index < -0.39 is 0 Å². The number of hydrogen-bond donors (Lipinski definition) is 1. The molecule has 0 spiro atoms. The molecule has 2 rings (SSSR count). The zero-order valence-electron chi connectivity index (χ0n) is 15.8. The van der Waals surface area contributed by atoms with Gasteiger partial charge in [0, 0.05) is 15.7 Å². The van der Waals surface area contributed by atoms with Gasteiger partial charge in [-0.15, -0.1) is 11.6 Å². The molecule has 5 nitrogen and oxygen atoms in total. The van der Waals surface area contributed by atoms with Gasteiger partial charge in [-0.1, -0.05) is 11.8 Å². The number of alkyl halides is 1. The van der Waals surface area contributed by atoms with Gasteiger partial charge in [0.05, 0.1) is 39.6 Å². The van der Waals surface area contributed by atoms with Crippen LogP contribution in [-0.2, 0) is 9.47 Å². The first kappa shape index (κ1) is 22.8. The van der Waals surface area contributed by atoms with E-state index in [4.69, 9.17) is 35.7 Å². The second kappa shape index (κ2) is 14.5. The lowest BCUT2D eigenvalue weighted by Gasteiger charge is -2.09. The molecule has 2 aromatic rings. The molecule has 1 N–H and O–H groups in total. The molecule has 0 aromatic heterocycles. The van der Waals surface area contributed by atoms with Crippen LogP contribution in [0.5, 0.6) is 11.5 Å². The molecule has 0 fully saturated rings. The molecule has 0 amide bonds. The third-order valence-corrected chi connectivity index (χ3v) is 4.82. The average molecular weight is 427 g/mol. The highest BCUT2D eigenvalue weighted by Gasteiger charge is 2.01. The number of rotatable bonds is 15. The van der Waals surface area contributed by atoms with Crippen molar-refractivity contribution in [3.63, 3.8) is 0 Å². The number of aliphatic hydroxyl groups is 1. The molecule has 0 aliphatic carbocycles. The summed E-state index contributed by atoms with van der Waals surface area (Å²) in [4.78, 5) is 2.29. The van der Waals surface area contributed by atoms with E-state index >= 15 is 0 Å². The van der Waals surface area contributed by atoms with E-state index in [1.165, 1.54) is 0 Å². The molecular formula is C21H27ClO5S. The van der Waals surface area contributed by atoms with E-state index in [2.05, 4.69) is 0 Å². The van der Waals surface area contributed by atoms with Gasteiger partial charge in [-0.2, -0.15) is 0 Å².